The molecular formula is C9H20N2. The minimum Gasteiger partial charge on any atom is -0.317 e. The Morgan fingerprint density at radius 2 is 2.00 bits per heavy atom. The normalized spacial score (nSPS) is 27.5. The summed E-state index contributed by atoms with van der Waals surface area (Å²) < 4.78 is 0. The Morgan fingerprint density at radius 3 is 2.73 bits per heavy atom. The standard InChI is InChI=1S/C9H20N2/c1-9(2)5-7-10-6-4-8-11(9)3/h10H,4-8H2,1-3H3. The fraction of sp³-hybridized carbons (Fsp3) is 1.00. The lowest BCUT2D eigenvalue weighted by Crippen LogP contribution is -2.46. The smallest absolute Gasteiger partial charge is 0.0162 e. The van der Waals surface area contributed by atoms with Crippen LogP contribution in [0.1, 0.15) is 26.7 Å². The second kappa shape index (κ2) is 3.55. The van der Waals surface area contributed by atoms with Gasteiger partial charge in [0.25, 0.3) is 0 Å². The average molecular weight is 156 g/mol. The molecule has 0 bridgehead atoms. The van der Waals surface area contributed by atoms with Gasteiger partial charge in [-0.25, -0.2) is 0 Å². The fourth-order valence-electron chi connectivity index (χ4n) is 1.45. The summed E-state index contributed by atoms with van der Waals surface area (Å²) in [6, 6.07) is 0. The van der Waals surface area contributed by atoms with E-state index in [1.54, 1.807) is 0 Å². The molecule has 0 unspecified atom stereocenters. The lowest BCUT2D eigenvalue weighted by atomic mass is 9.97. The molecule has 0 atom stereocenters. The molecule has 0 aromatic rings. The first-order valence-corrected chi connectivity index (χ1v) is 4.55. The Balaban J connectivity index is 2.47. The lowest BCUT2D eigenvalue weighted by Gasteiger charge is -2.37. The van der Waals surface area contributed by atoms with Gasteiger partial charge in [-0.15, -0.1) is 0 Å². The van der Waals surface area contributed by atoms with Crippen LogP contribution in [-0.2, 0) is 0 Å². The van der Waals surface area contributed by atoms with Crippen molar-refractivity contribution in [3.63, 3.8) is 0 Å². The molecule has 0 aromatic carbocycles. The quantitative estimate of drug-likeness (QED) is 0.564. The van der Waals surface area contributed by atoms with Crippen molar-refractivity contribution in [2.24, 2.45) is 0 Å². The van der Waals surface area contributed by atoms with Crippen LogP contribution in [-0.4, -0.2) is 37.1 Å². The van der Waals surface area contributed by atoms with Crippen LogP contribution in [0.4, 0.5) is 0 Å². The number of hydrogen-bond donors (Lipinski definition) is 1. The predicted octanol–water partition coefficient (Wildman–Crippen LogP) is 1.08. The number of nitrogens with one attached hydrogen (secondary N) is 1. The van der Waals surface area contributed by atoms with Crippen molar-refractivity contribution in [1.29, 1.82) is 0 Å². The molecule has 0 saturated carbocycles. The third-order valence-electron chi connectivity index (χ3n) is 2.79. The maximum absolute atomic E-state index is 3.44. The van der Waals surface area contributed by atoms with E-state index in [0.717, 1.165) is 6.54 Å². The van der Waals surface area contributed by atoms with Crippen molar-refractivity contribution in [3.05, 3.63) is 0 Å². The van der Waals surface area contributed by atoms with Gasteiger partial charge in [0.15, 0.2) is 0 Å². The third-order valence-corrected chi connectivity index (χ3v) is 2.79. The highest BCUT2D eigenvalue weighted by atomic mass is 15.2. The van der Waals surface area contributed by atoms with Gasteiger partial charge in [0, 0.05) is 5.54 Å². The van der Waals surface area contributed by atoms with Crippen LogP contribution >= 0.6 is 0 Å². The molecule has 1 saturated heterocycles. The van der Waals surface area contributed by atoms with Gasteiger partial charge in [0.05, 0.1) is 0 Å². The SMILES string of the molecule is CN1CCCNCCC1(C)C. The zero-order valence-electron chi connectivity index (χ0n) is 7.98. The highest BCUT2D eigenvalue weighted by Crippen LogP contribution is 2.17. The van der Waals surface area contributed by atoms with Crippen LogP contribution in [0.15, 0.2) is 0 Å². The highest BCUT2D eigenvalue weighted by molar-refractivity contribution is 4.81. The summed E-state index contributed by atoms with van der Waals surface area (Å²) >= 11 is 0. The summed E-state index contributed by atoms with van der Waals surface area (Å²) in [6.45, 7) is 8.21. The number of hydrogen-bond acceptors (Lipinski definition) is 2. The third kappa shape index (κ3) is 2.46. The van der Waals surface area contributed by atoms with Gasteiger partial charge in [0.2, 0.25) is 0 Å². The van der Waals surface area contributed by atoms with E-state index in [-0.39, 0.29) is 0 Å². The number of rotatable bonds is 0. The predicted molar refractivity (Wildman–Crippen MR) is 48.8 cm³/mol. The van der Waals surface area contributed by atoms with Crippen molar-refractivity contribution in [1.82, 2.24) is 10.2 Å². The van der Waals surface area contributed by atoms with Gasteiger partial charge in [-0.1, -0.05) is 0 Å². The molecule has 1 N–H and O–H groups in total. The minimum atomic E-state index is 0.382. The second-order valence-corrected chi connectivity index (χ2v) is 4.09. The molecule has 1 aliphatic rings. The Bertz CT molecular complexity index is 121. The first kappa shape index (κ1) is 9.01. The van der Waals surface area contributed by atoms with Gasteiger partial charge < -0.3 is 10.2 Å². The maximum atomic E-state index is 3.44. The maximum Gasteiger partial charge on any atom is 0.0162 e. The van der Waals surface area contributed by atoms with Crippen molar-refractivity contribution in [2.75, 3.05) is 26.7 Å². The molecule has 1 fully saturated rings. The monoisotopic (exact) mass is 156 g/mol. The van der Waals surface area contributed by atoms with Crippen LogP contribution in [0.3, 0.4) is 0 Å². The minimum absolute atomic E-state index is 0.382. The summed E-state index contributed by atoms with van der Waals surface area (Å²) in [6.07, 6.45) is 2.53. The van der Waals surface area contributed by atoms with Crippen LogP contribution < -0.4 is 5.32 Å². The Labute approximate surface area is 70.0 Å². The molecule has 11 heavy (non-hydrogen) atoms. The van der Waals surface area contributed by atoms with Crippen LogP contribution in [0.2, 0.25) is 0 Å². The molecule has 0 spiro atoms. The largest absolute Gasteiger partial charge is 0.317 e. The zero-order chi connectivity index (χ0) is 8.32. The second-order valence-electron chi connectivity index (χ2n) is 4.09. The molecule has 0 amide bonds. The lowest BCUT2D eigenvalue weighted by molar-refractivity contribution is 0.134. The summed E-state index contributed by atoms with van der Waals surface area (Å²) in [4.78, 5) is 2.47. The molecule has 0 aliphatic carbocycles. The molecule has 0 aromatic heterocycles. The number of nitrogens with zero attached hydrogens (tertiary/aromatic N) is 1. The van der Waals surface area contributed by atoms with E-state index in [2.05, 4.69) is 31.1 Å². The first-order chi connectivity index (χ1) is 5.13. The molecule has 2 nitrogen and oxygen atoms in total. The van der Waals surface area contributed by atoms with Crippen molar-refractivity contribution in [2.45, 2.75) is 32.2 Å². The molecular weight excluding hydrogens is 136 g/mol. The van der Waals surface area contributed by atoms with Gasteiger partial charge in [-0.05, 0) is 53.4 Å². The fourth-order valence-corrected chi connectivity index (χ4v) is 1.45. The highest BCUT2D eigenvalue weighted by Gasteiger charge is 2.23. The van der Waals surface area contributed by atoms with E-state index in [9.17, 15) is 0 Å². The van der Waals surface area contributed by atoms with E-state index >= 15 is 0 Å². The molecule has 1 rings (SSSR count). The Morgan fingerprint density at radius 1 is 1.27 bits per heavy atom. The van der Waals surface area contributed by atoms with Gasteiger partial charge in [-0.3, -0.25) is 0 Å². The summed E-state index contributed by atoms with van der Waals surface area (Å²) in [5, 5.41) is 3.44. The van der Waals surface area contributed by atoms with Crippen LogP contribution in [0.25, 0.3) is 0 Å². The van der Waals surface area contributed by atoms with Crippen LogP contribution in [0.5, 0.6) is 0 Å². The van der Waals surface area contributed by atoms with Crippen molar-refractivity contribution >= 4 is 0 Å². The van der Waals surface area contributed by atoms with E-state index < -0.39 is 0 Å². The summed E-state index contributed by atoms with van der Waals surface area (Å²) in [5.74, 6) is 0. The van der Waals surface area contributed by atoms with E-state index in [1.165, 1.54) is 25.9 Å². The Kier molecular flexibility index (Phi) is 2.90. The van der Waals surface area contributed by atoms with E-state index in [0.29, 0.717) is 5.54 Å². The van der Waals surface area contributed by atoms with Gasteiger partial charge >= 0.3 is 0 Å². The molecule has 1 heterocycles. The molecule has 66 valence electrons. The van der Waals surface area contributed by atoms with E-state index in [1.807, 2.05) is 0 Å². The van der Waals surface area contributed by atoms with Crippen molar-refractivity contribution in [3.8, 4) is 0 Å². The Hall–Kier alpha value is -0.0800. The van der Waals surface area contributed by atoms with E-state index in [4.69, 9.17) is 0 Å². The molecule has 0 radical (unpaired) electrons. The zero-order valence-corrected chi connectivity index (χ0v) is 7.98. The van der Waals surface area contributed by atoms with Gasteiger partial charge in [-0.2, -0.15) is 0 Å². The van der Waals surface area contributed by atoms with Crippen LogP contribution in [0, 0.1) is 0 Å². The average Bonchev–Trinajstić information content (AvgIpc) is 1.93. The van der Waals surface area contributed by atoms with Gasteiger partial charge in [0.1, 0.15) is 0 Å². The van der Waals surface area contributed by atoms with Crippen molar-refractivity contribution < 1.29 is 0 Å². The molecule has 1 aliphatic heterocycles. The molecule has 2 heteroatoms. The summed E-state index contributed by atoms with van der Waals surface area (Å²) in [5.41, 5.74) is 0.382. The first-order valence-electron chi connectivity index (χ1n) is 4.55. The topological polar surface area (TPSA) is 15.3 Å². The summed E-state index contributed by atoms with van der Waals surface area (Å²) in [7, 11) is 2.23.